The van der Waals surface area contributed by atoms with Crippen LogP contribution in [-0.4, -0.2) is 52.1 Å². The molecular weight excluding hydrogens is 440 g/mol. The highest BCUT2D eigenvalue weighted by atomic mass is 16.7. The van der Waals surface area contributed by atoms with E-state index in [1.54, 1.807) is 0 Å². The van der Waals surface area contributed by atoms with Crippen molar-refractivity contribution in [2.24, 2.45) is 17.3 Å². The topological polar surface area (TPSA) is 79.2 Å². The van der Waals surface area contributed by atoms with Gasteiger partial charge in [-0.1, -0.05) is 36.8 Å². The fraction of sp³-hybridized carbons (Fsp3) is 0.733. The smallest absolute Gasteiger partial charge is 0.171 e. The summed E-state index contributed by atoms with van der Waals surface area (Å²) in [4.78, 5) is 0. The standard InChI is InChI=1S/C30H40O5/c1-27-16-23(21-6-4-20(5-7-21)19-2-3-19)26-22(24(27)9-12-29(27,33)18-31)8-11-28(32)17-30(13-10-25(26)28)34-14-15-35-30/h4-7,19,22-24,31-33H,2-3,8-18H2,1H3/t22-,23?,24-,27-,28+,29?/m0/s1. The van der Waals surface area contributed by atoms with E-state index in [-0.39, 0.29) is 17.9 Å². The fourth-order valence-corrected chi connectivity index (χ4v) is 9.08. The second-order valence-corrected chi connectivity index (χ2v) is 12.8. The largest absolute Gasteiger partial charge is 0.393 e. The van der Waals surface area contributed by atoms with Crippen molar-refractivity contribution in [2.75, 3.05) is 19.8 Å². The molecule has 3 N–H and O–H groups in total. The fourth-order valence-electron chi connectivity index (χ4n) is 9.08. The molecule has 1 aromatic carbocycles. The van der Waals surface area contributed by atoms with Crippen molar-refractivity contribution in [3.63, 3.8) is 0 Å². The molecule has 0 aromatic heterocycles. The molecule has 6 atom stereocenters. The zero-order valence-electron chi connectivity index (χ0n) is 21.0. The van der Waals surface area contributed by atoms with Crippen molar-refractivity contribution >= 4 is 0 Å². The number of ether oxygens (including phenoxy) is 2. The molecule has 1 saturated heterocycles. The third kappa shape index (κ3) is 3.24. The molecule has 1 spiro atoms. The van der Waals surface area contributed by atoms with E-state index < -0.39 is 17.0 Å². The molecule has 5 nitrogen and oxygen atoms in total. The van der Waals surface area contributed by atoms with Gasteiger partial charge < -0.3 is 24.8 Å². The summed E-state index contributed by atoms with van der Waals surface area (Å²) in [6.45, 7) is 3.28. The van der Waals surface area contributed by atoms with Gasteiger partial charge in [0.05, 0.1) is 31.0 Å². The molecule has 4 saturated carbocycles. The van der Waals surface area contributed by atoms with Crippen LogP contribution in [0.4, 0.5) is 0 Å². The molecule has 5 aliphatic carbocycles. The first-order valence-electron chi connectivity index (χ1n) is 14.0. The Morgan fingerprint density at radius 2 is 1.63 bits per heavy atom. The SMILES string of the molecule is C[C@]12CC(c3ccc(C4CC4)cc3)C3=C4CCC5(C[C@]4(O)CC[C@H]3[C@@H]1CCC2(O)CO)OCCO5. The summed E-state index contributed by atoms with van der Waals surface area (Å²) in [5.74, 6) is 0.940. The minimum atomic E-state index is -1.03. The van der Waals surface area contributed by atoms with E-state index in [9.17, 15) is 15.3 Å². The lowest BCUT2D eigenvalue weighted by molar-refractivity contribution is -0.208. The minimum absolute atomic E-state index is 0.159. The van der Waals surface area contributed by atoms with Gasteiger partial charge in [0.15, 0.2) is 5.79 Å². The lowest BCUT2D eigenvalue weighted by Gasteiger charge is -2.57. The molecule has 0 bridgehead atoms. The number of fused-ring (bicyclic) bond motifs is 4. The van der Waals surface area contributed by atoms with Crippen molar-refractivity contribution < 1.29 is 24.8 Å². The molecule has 6 aliphatic rings. The van der Waals surface area contributed by atoms with E-state index in [1.165, 1.54) is 35.1 Å². The minimum Gasteiger partial charge on any atom is -0.393 e. The van der Waals surface area contributed by atoms with Crippen molar-refractivity contribution in [1.29, 1.82) is 0 Å². The highest BCUT2D eigenvalue weighted by Gasteiger charge is 2.64. The molecule has 5 fully saturated rings. The van der Waals surface area contributed by atoms with Crippen molar-refractivity contribution in [3.05, 3.63) is 46.5 Å². The molecule has 190 valence electrons. The van der Waals surface area contributed by atoms with Crippen LogP contribution in [0.3, 0.4) is 0 Å². The maximum Gasteiger partial charge on any atom is 0.171 e. The zero-order chi connectivity index (χ0) is 24.1. The molecule has 1 aliphatic heterocycles. The Hall–Kier alpha value is -1.24. The van der Waals surface area contributed by atoms with Gasteiger partial charge in [-0.05, 0) is 85.8 Å². The summed E-state index contributed by atoms with van der Waals surface area (Å²) in [5.41, 5.74) is 3.17. The van der Waals surface area contributed by atoms with Gasteiger partial charge >= 0.3 is 0 Å². The van der Waals surface area contributed by atoms with Gasteiger partial charge in [0.1, 0.15) is 0 Å². The monoisotopic (exact) mass is 480 g/mol. The lowest BCUT2D eigenvalue weighted by atomic mass is 9.49. The van der Waals surface area contributed by atoms with Crippen molar-refractivity contribution in [2.45, 2.75) is 100.0 Å². The Morgan fingerprint density at radius 3 is 2.31 bits per heavy atom. The Labute approximate surface area is 208 Å². The first-order valence-corrected chi connectivity index (χ1v) is 14.0. The normalized spacial score (nSPS) is 44.3. The summed E-state index contributed by atoms with van der Waals surface area (Å²) in [6.07, 6.45) is 8.80. The highest BCUT2D eigenvalue weighted by Crippen LogP contribution is 2.67. The first-order chi connectivity index (χ1) is 16.8. The van der Waals surface area contributed by atoms with Crippen LogP contribution < -0.4 is 0 Å². The van der Waals surface area contributed by atoms with Crippen LogP contribution in [0.15, 0.2) is 35.4 Å². The van der Waals surface area contributed by atoms with Gasteiger partial charge in [-0.2, -0.15) is 0 Å². The van der Waals surface area contributed by atoms with Crippen molar-refractivity contribution in [1.82, 2.24) is 0 Å². The van der Waals surface area contributed by atoms with E-state index in [4.69, 9.17) is 9.47 Å². The van der Waals surface area contributed by atoms with Crippen LogP contribution in [-0.2, 0) is 9.47 Å². The van der Waals surface area contributed by atoms with Crippen LogP contribution in [0.5, 0.6) is 0 Å². The Bertz CT molecular complexity index is 1040. The van der Waals surface area contributed by atoms with Crippen LogP contribution in [0.25, 0.3) is 0 Å². The summed E-state index contributed by atoms with van der Waals surface area (Å²) < 4.78 is 12.1. The average molecular weight is 481 g/mol. The van der Waals surface area contributed by atoms with Crippen LogP contribution in [0.2, 0.25) is 0 Å². The molecule has 2 unspecified atom stereocenters. The molecule has 0 amide bonds. The summed E-state index contributed by atoms with van der Waals surface area (Å²) in [6, 6.07) is 9.22. The molecular formula is C30H40O5. The molecule has 0 radical (unpaired) electrons. The van der Waals surface area contributed by atoms with Gasteiger partial charge in [0, 0.05) is 24.2 Å². The van der Waals surface area contributed by atoms with Gasteiger partial charge in [-0.3, -0.25) is 0 Å². The quantitative estimate of drug-likeness (QED) is 0.553. The number of aliphatic hydroxyl groups excluding tert-OH is 1. The predicted octanol–water partition coefficient (Wildman–Crippen LogP) is 4.56. The number of hydrogen-bond donors (Lipinski definition) is 3. The maximum atomic E-state index is 12.1. The summed E-state index contributed by atoms with van der Waals surface area (Å²) in [5, 5.41) is 34.0. The van der Waals surface area contributed by atoms with Gasteiger partial charge in [0.25, 0.3) is 0 Å². The van der Waals surface area contributed by atoms with E-state index in [2.05, 4.69) is 31.2 Å². The third-order valence-electron chi connectivity index (χ3n) is 11.2. The van der Waals surface area contributed by atoms with E-state index >= 15 is 0 Å². The maximum absolute atomic E-state index is 12.1. The van der Waals surface area contributed by atoms with Crippen LogP contribution >= 0.6 is 0 Å². The predicted molar refractivity (Wildman–Crippen MR) is 132 cm³/mol. The molecule has 5 heteroatoms. The van der Waals surface area contributed by atoms with Crippen LogP contribution in [0.1, 0.15) is 94.1 Å². The average Bonchev–Trinajstić information content (AvgIpc) is 3.56. The Balaban J connectivity index is 1.34. The van der Waals surface area contributed by atoms with E-state index in [0.29, 0.717) is 37.9 Å². The number of allylic oxidation sites excluding steroid dienone is 1. The number of benzene rings is 1. The molecule has 35 heavy (non-hydrogen) atoms. The lowest BCUT2D eigenvalue weighted by Crippen LogP contribution is -2.56. The van der Waals surface area contributed by atoms with Crippen LogP contribution in [0, 0.1) is 17.3 Å². The first kappa shape index (κ1) is 22.9. The van der Waals surface area contributed by atoms with Gasteiger partial charge in [0.2, 0.25) is 0 Å². The zero-order valence-corrected chi connectivity index (χ0v) is 21.0. The van der Waals surface area contributed by atoms with E-state index in [1.807, 2.05) is 0 Å². The summed E-state index contributed by atoms with van der Waals surface area (Å²) in [7, 11) is 0. The Morgan fingerprint density at radius 1 is 0.914 bits per heavy atom. The Kier molecular flexibility index (Phi) is 5.00. The van der Waals surface area contributed by atoms with E-state index in [0.717, 1.165) is 44.4 Å². The highest BCUT2D eigenvalue weighted by molar-refractivity contribution is 5.44. The molecule has 1 aromatic rings. The second kappa shape index (κ2) is 7.64. The number of rotatable bonds is 3. The van der Waals surface area contributed by atoms with Gasteiger partial charge in [-0.25, -0.2) is 0 Å². The molecule has 7 rings (SSSR count). The second-order valence-electron chi connectivity index (χ2n) is 12.8. The number of aliphatic hydroxyl groups is 3. The van der Waals surface area contributed by atoms with Gasteiger partial charge in [-0.15, -0.1) is 0 Å². The number of hydrogen-bond acceptors (Lipinski definition) is 5. The molecule has 1 heterocycles. The third-order valence-corrected chi connectivity index (χ3v) is 11.2. The van der Waals surface area contributed by atoms with Crippen molar-refractivity contribution in [3.8, 4) is 0 Å². The summed E-state index contributed by atoms with van der Waals surface area (Å²) >= 11 is 0.